The minimum Gasteiger partial charge on any atom is -0.345 e. The maximum atomic E-state index is 10.7. The largest absolute Gasteiger partial charge is 0.345 e. The number of amides is 1. The molecule has 0 saturated heterocycles. The lowest BCUT2D eigenvalue weighted by molar-refractivity contribution is -0.116. The molecule has 0 spiro atoms. The highest BCUT2D eigenvalue weighted by atomic mass is 16.1. The standard InChI is InChI=1S/C10H15NO/c1-4-9(12)11-7-8-5-10(2,3)6-8/h1,8H,5-7H2,2-3H3,(H,11,12). The molecule has 0 aromatic heterocycles. The van der Waals surface area contributed by atoms with Gasteiger partial charge in [0.1, 0.15) is 0 Å². The molecule has 1 N–H and O–H groups in total. The third-order valence-corrected chi connectivity index (χ3v) is 2.36. The fourth-order valence-corrected chi connectivity index (χ4v) is 1.94. The van der Waals surface area contributed by atoms with Gasteiger partial charge in [-0.2, -0.15) is 0 Å². The topological polar surface area (TPSA) is 29.1 Å². The van der Waals surface area contributed by atoms with Crippen molar-refractivity contribution in [3.63, 3.8) is 0 Å². The minimum absolute atomic E-state index is 0.292. The second kappa shape index (κ2) is 3.18. The van der Waals surface area contributed by atoms with Gasteiger partial charge < -0.3 is 5.32 Å². The van der Waals surface area contributed by atoms with Gasteiger partial charge in [0, 0.05) is 6.54 Å². The zero-order chi connectivity index (χ0) is 9.19. The SMILES string of the molecule is C#CC(=O)NCC1CC(C)(C)C1. The van der Waals surface area contributed by atoms with Crippen LogP contribution in [-0.4, -0.2) is 12.5 Å². The lowest BCUT2D eigenvalue weighted by atomic mass is 9.64. The van der Waals surface area contributed by atoms with Gasteiger partial charge in [-0.05, 0) is 30.1 Å². The van der Waals surface area contributed by atoms with Gasteiger partial charge in [0.2, 0.25) is 0 Å². The van der Waals surface area contributed by atoms with E-state index in [2.05, 4.69) is 19.2 Å². The van der Waals surface area contributed by atoms with Crippen molar-refractivity contribution in [2.24, 2.45) is 11.3 Å². The summed E-state index contributed by atoms with van der Waals surface area (Å²) in [7, 11) is 0. The van der Waals surface area contributed by atoms with Gasteiger partial charge in [-0.15, -0.1) is 6.42 Å². The first-order valence-electron chi connectivity index (χ1n) is 4.28. The molecule has 1 saturated carbocycles. The molecule has 66 valence electrons. The Morgan fingerprint density at radius 2 is 2.25 bits per heavy atom. The Morgan fingerprint density at radius 3 is 2.67 bits per heavy atom. The van der Waals surface area contributed by atoms with Crippen molar-refractivity contribution in [3.8, 4) is 12.3 Å². The summed E-state index contributed by atoms with van der Waals surface area (Å²) < 4.78 is 0. The van der Waals surface area contributed by atoms with E-state index in [1.165, 1.54) is 12.8 Å². The summed E-state index contributed by atoms with van der Waals surface area (Å²) in [5, 5.41) is 2.70. The molecule has 2 heteroatoms. The van der Waals surface area contributed by atoms with Crippen molar-refractivity contribution in [2.45, 2.75) is 26.7 Å². The van der Waals surface area contributed by atoms with Crippen molar-refractivity contribution in [3.05, 3.63) is 0 Å². The summed E-state index contributed by atoms with van der Waals surface area (Å²) in [6, 6.07) is 0. The second-order valence-corrected chi connectivity index (χ2v) is 4.29. The summed E-state index contributed by atoms with van der Waals surface area (Å²) in [4.78, 5) is 10.7. The molecule has 0 aliphatic heterocycles. The Balaban J connectivity index is 2.13. The van der Waals surface area contributed by atoms with Crippen LogP contribution in [0, 0.1) is 23.7 Å². The lowest BCUT2D eigenvalue weighted by Crippen LogP contribution is -2.39. The van der Waals surface area contributed by atoms with E-state index in [1.807, 2.05) is 5.92 Å². The Morgan fingerprint density at radius 1 is 1.67 bits per heavy atom. The minimum atomic E-state index is -0.292. The van der Waals surface area contributed by atoms with Crippen molar-refractivity contribution in [2.75, 3.05) is 6.54 Å². The predicted octanol–water partition coefficient (Wildman–Crippen LogP) is 1.17. The van der Waals surface area contributed by atoms with Crippen molar-refractivity contribution in [1.82, 2.24) is 5.32 Å². The molecule has 0 atom stereocenters. The van der Waals surface area contributed by atoms with Gasteiger partial charge in [-0.1, -0.05) is 13.8 Å². The van der Waals surface area contributed by atoms with Crippen molar-refractivity contribution >= 4 is 5.91 Å². The van der Waals surface area contributed by atoms with Gasteiger partial charge in [0.05, 0.1) is 0 Å². The van der Waals surface area contributed by atoms with E-state index in [4.69, 9.17) is 6.42 Å². The molecule has 0 heterocycles. The highest BCUT2D eigenvalue weighted by Crippen LogP contribution is 2.44. The van der Waals surface area contributed by atoms with Crippen LogP contribution in [0.3, 0.4) is 0 Å². The third-order valence-electron chi connectivity index (χ3n) is 2.36. The lowest BCUT2D eigenvalue weighted by Gasteiger charge is -2.42. The van der Waals surface area contributed by atoms with Crippen LogP contribution in [0.5, 0.6) is 0 Å². The molecule has 1 aliphatic rings. The molecule has 0 bridgehead atoms. The number of carbonyl (C=O) groups excluding carboxylic acids is 1. The van der Waals surface area contributed by atoms with E-state index in [0.717, 1.165) is 6.54 Å². The monoisotopic (exact) mass is 165 g/mol. The summed E-state index contributed by atoms with van der Waals surface area (Å²) in [6.07, 6.45) is 7.29. The molecule has 0 radical (unpaired) electrons. The van der Waals surface area contributed by atoms with E-state index in [0.29, 0.717) is 11.3 Å². The van der Waals surface area contributed by atoms with Crippen LogP contribution in [0.15, 0.2) is 0 Å². The maximum Gasteiger partial charge on any atom is 0.295 e. The van der Waals surface area contributed by atoms with E-state index in [9.17, 15) is 4.79 Å². The second-order valence-electron chi connectivity index (χ2n) is 4.29. The number of terminal acetylenes is 1. The zero-order valence-electron chi connectivity index (χ0n) is 7.68. The number of hydrogen-bond donors (Lipinski definition) is 1. The fourth-order valence-electron chi connectivity index (χ4n) is 1.94. The van der Waals surface area contributed by atoms with Crippen LogP contribution in [0.4, 0.5) is 0 Å². The first-order valence-corrected chi connectivity index (χ1v) is 4.28. The van der Waals surface area contributed by atoms with E-state index in [-0.39, 0.29) is 5.91 Å². The Hall–Kier alpha value is -0.970. The molecular weight excluding hydrogens is 150 g/mol. The highest BCUT2D eigenvalue weighted by molar-refractivity contribution is 5.92. The molecule has 1 rings (SSSR count). The average Bonchev–Trinajstić information content (AvgIpc) is 1.96. The first-order chi connectivity index (χ1) is 5.53. The van der Waals surface area contributed by atoms with E-state index in [1.54, 1.807) is 0 Å². The van der Waals surface area contributed by atoms with Gasteiger partial charge >= 0.3 is 0 Å². The van der Waals surface area contributed by atoms with Gasteiger partial charge in [-0.3, -0.25) is 4.79 Å². The van der Waals surface area contributed by atoms with Crippen molar-refractivity contribution < 1.29 is 4.79 Å². The number of rotatable bonds is 2. The van der Waals surface area contributed by atoms with Crippen LogP contribution in [0.1, 0.15) is 26.7 Å². The summed E-state index contributed by atoms with van der Waals surface area (Å²) in [5.74, 6) is 2.38. The van der Waals surface area contributed by atoms with E-state index >= 15 is 0 Å². The molecule has 0 unspecified atom stereocenters. The summed E-state index contributed by atoms with van der Waals surface area (Å²) >= 11 is 0. The van der Waals surface area contributed by atoms with Gasteiger partial charge in [0.25, 0.3) is 5.91 Å². The highest BCUT2D eigenvalue weighted by Gasteiger charge is 2.35. The maximum absolute atomic E-state index is 10.7. The van der Waals surface area contributed by atoms with Gasteiger partial charge in [0.15, 0.2) is 0 Å². The van der Waals surface area contributed by atoms with Crippen LogP contribution >= 0.6 is 0 Å². The van der Waals surface area contributed by atoms with Crippen LogP contribution in [0.2, 0.25) is 0 Å². The van der Waals surface area contributed by atoms with Crippen LogP contribution in [0.25, 0.3) is 0 Å². The molecule has 12 heavy (non-hydrogen) atoms. The number of hydrogen-bond acceptors (Lipinski definition) is 1. The number of nitrogens with one attached hydrogen (secondary N) is 1. The number of carbonyl (C=O) groups is 1. The quantitative estimate of drug-likeness (QED) is 0.611. The summed E-state index contributed by atoms with van der Waals surface area (Å²) in [6.45, 7) is 5.23. The molecule has 0 aromatic rings. The third kappa shape index (κ3) is 2.27. The van der Waals surface area contributed by atoms with Crippen LogP contribution < -0.4 is 5.32 Å². The first kappa shape index (κ1) is 9.12. The molecule has 2 nitrogen and oxygen atoms in total. The Bertz CT molecular complexity index is 216. The molecule has 1 amide bonds. The van der Waals surface area contributed by atoms with E-state index < -0.39 is 0 Å². The summed E-state index contributed by atoms with van der Waals surface area (Å²) in [5.41, 5.74) is 0.478. The predicted molar refractivity (Wildman–Crippen MR) is 48.3 cm³/mol. The average molecular weight is 165 g/mol. The molecule has 1 fully saturated rings. The molecule has 1 aliphatic carbocycles. The Labute approximate surface area is 73.7 Å². The molecule has 0 aromatic carbocycles. The normalized spacial score (nSPS) is 20.8. The van der Waals surface area contributed by atoms with Gasteiger partial charge in [-0.25, -0.2) is 0 Å². The van der Waals surface area contributed by atoms with Crippen molar-refractivity contribution in [1.29, 1.82) is 0 Å². The van der Waals surface area contributed by atoms with Crippen LogP contribution in [-0.2, 0) is 4.79 Å². The fraction of sp³-hybridized carbons (Fsp3) is 0.700. The Kier molecular flexibility index (Phi) is 2.42. The smallest absolute Gasteiger partial charge is 0.295 e. The molecular formula is C10H15NO. The zero-order valence-corrected chi connectivity index (χ0v) is 7.68.